The van der Waals surface area contributed by atoms with Gasteiger partial charge < -0.3 is 30.5 Å². The Labute approximate surface area is 215 Å². The SMILES string of the molecule is CNC[C@@H](NC(=O)N1CCC[C@@H]([C@@](O)(CCCCOC)c2cccc(Cl)c2)C1)[C@@H](O)C1CCCC1. The Balaban J connectivity index is 1.71. The highest BCUT2D eigenvalue weighted by molar-refractivity contribution is 6.30. The third kappa shape index (κ3) is 7.56. The van der Waals surface area contributed by atoms with E-state index in [1.54, 1.807) is 7.11 Å². The van der Waals surface area contributed by atoms with Crippen LogP contribution >= 0.6 is 11.6 Å². The summed E-state index contributed by atoms with van der Waals surface area (Å²) < 4.78 is 5.20. The number of nitrogens with zero attached hydrogens (tertiary/aromatic N) is 1. The van der Waals surface area contributed by atoms with E-state index in [1.165, 1.54) is 0 Å². The second-order valence-electron chi connectivity index (χ2n) is 10.3. The van der Waals surface area contributed by atoms with Crippen LogP contribution < -0.4 is 10.6 Å². The van der Waals surface area contributed by atoms with Crippen LogP contribution in [0.4, 0.5) is 4.79 Å². The minimum Gasteiger partial charge on any atom is -0.391 e. The molecule has 8 heteroatoms. The Morgan fingerprint density at radius 1 is 1.26 bits per heavy atom. The minimum atomic E-state index is -1.08. The molecule has 1 aromatic rings. The van der Waals surface area contributed by atoms with Gasteiger partial charge in [0, 0.05) is 44.3 Å². The van der Waals surface area contributed by atoms with E-state index in [9.17, 15) is 15.0 Å². The molecule has 7 nitrogen and oxygen atoms in total. The van der Waals surface area contributed by atoms with Crippen LogP contribution in [0.2, 0.25) is 5.02 Å². The van der Waals surface area contributed by atoms with Crippen molar-refractivity contribution >= 4 is 17.6 Å². The number of benzene rings is 1. The van der Waals surface area contributed by atoms with E-state index in [-0.39, 0.29) is 23.9 Å². The van der Waals surface area contributed by atoms with Crippen molar-refractivity contribution in [2.45, 2.75) is 75.5 Å². The summed E-state index contributed by atoms with van der Waals surface area (Å²) in [5.74, 6) is 0.133. The molecule has 198 valence electrons. The maximum absolute atomic E-state index is 13.3. The number of likely N-dealkylation sites (N-methyl/N-ethyl adjacent to an activating group) is 1. The molecule has 1 aromatic carbocycles. The molecule has 0 radical (unpaired) electrons. The summed E-state index contributed by atoms with van der Waals surface area (Å²) in [6, 6.07) is 6.96. The summed E-state index contributed by atoms with van der Waals surface area (Å²) in [5, 5.41) is 29.8. The van der Waals surface area contributed by atoms with Crippen molar-refractivity contribution in [3.8, 4) is 0 Å². The normalized spacial score (nSPS) is 22.5. The first kappa shape index (κ1) is 28.2. The molecular weight excluding hydrogens is 466 g/mol. The lowest BCUT2D eigenvalue weighted by Gasteiger charge is -2.43. The summed E-state index contributed by atoms with van der Waals surface area (Å²) >= 11 is 6.29. The third-order valence-corrected chi connectivity index (χ3v) is 8.13. The van der Waals surface area contributed by atoms with Crippen LogP contribution in [-0.2, 0) is 10.3 Å². The van der Waals surface area contributed by atoms with Crippen LogP contribution in [0, 0.1) is 11.8 Å². The predicted octanol–water partition coefficient (Wildman–Crippen LogP) is 3.91. The molecule has 2 aliphatic rings. The van der Waals surface area contributed by atoms with E-state index in [0.29, 0.717) is 37.7 Å². The lowest BCUT2D eigenvalue weighted by Crippen LogP contribution is -2.57. The number of methoxy groups -OCH3 is 1. The number of ether oxygens (including phenoxy) is 1. The second-order valence-corrected chi connectivity index (χ2v) is 10.8. The van der Waals surface area contributed by atoms with E-state index in [0.717, 1.165) is 56.9 Å². The number of hydrogen-bond donors (Lipinski definition) is 4. The number of carbonyl (C=O) groups is 1. The lowest BCUT2D eigenvalue weighted by molar-refractivity contribution is -0.0566. The van der Waals surface area contributed by atoms with Gasteiger partial charge in [0.2, 0.25) is 0 Å². The maximum Gasteiger partial charge on any atom is 0.317 e. The third-order valence-electron chi connectivity index (χ3n) is 7.89. The van der Waals surface area contributed by atoms with E-state index < -0.39 is 11.7 Å². The number of urea groups is 1. The van der Waals surface area contributed by atoms with Crippen molar-refractivity contribution in [2.75, 3.05) is 40.4 Å². The Kier molecular flexibility index (Phi) is 11.1. The van der Waals surface area contributed by atoms with Gasteiger partial charge in [0.15, 0.2) is 0 Å². The predicted molar refractivity (Wildman–Crippen MR) is 140 cm³/mol. The number of rotatable bonds is 12. The molecule has 0 spiro atoms. The standard InChI is InChI=1S/C27H44ClN3O4/c1-29-18-24(25(32)20-9-3-4-10-20)30-26(33)31-15-8-12-22(19-31)27(34,14-5-6-16-35-2)21-11-7-13-23(28)17-21/h7,11,13,17,20,22,24-25,29,32,34H,3-6,8-10,12,14-16,18-19H2,1-2H3,(H,30,33)/t22-,24-,25+,27-/m1/s1. The van der Waals surface area contributed by atoms with E-state index in [2.05, 4.69) is 10.6 Å². The molecular formula is C27H44ClN3O4. The number of aliphatic hydroxyl groups excluding tert-OH is 1. The van der Waals surface area contributed by atoms with Crippen molar-refractivity contribution in [2.24, 2.45) is 11.8 Å². The van der Waals surface area contributed by atoms with E-state index >= 15 is 0 Å². The van der Waals surface area contributed by atoms with Gasteiger partial charge in [0.1, 0.15) is 0 Å². The summed E-state index contributed by atoms with van der Waals surface area (Å²) in [5.41, 5.74) is -0.273. The van der Waals surface area contributed by atoms with Gasteiger partial charge in [0.25, 0.3) is 0 Å². The molecule has 1 aliphatic carbocycles. The fraction of sp³-hybridized carbons (Fsp3) is 0.741. The molecule has 1 saturated carbocycles. The van der Waals surface area contributed by atoms with Gasteiger partial charge in [-0.2, -0.15) is 0 Å². The largest absolute Gasteiger partial charge is 0.391 e. The molecule has 0 aromatic heterocycles. The zero-order chi connectivity index (χ0) is 25.3. The summed E-state index contributed by atoms with van der Waals surface area (Å²) in [6.45, 7) is 2.28. The maximum atomic E-state index is 13.3. The van der Waals surface area contributed by atoms with E-state index in [1.807, 2.05) is 36.2 Å². The number of carbonyl (C=O) groups excluding carboxylic acids is 1. The number of nitrogens with one attached hydrogen (secondary N) is 2. The zero-order valence-electron chi connectivity index (χ0n) is 21.3. The Morgan fingerprint density at radius 2 is 2.03 bits per heavy atom. The van der Waals surface area contributed by atoms with Gasteiger partial charge >= 0.3 is 6.03 Å². The Bertz CT molecular complexity index is 791. The number of hydrogen-bond acceptors (Lipinski definition) is 5. The summed E-state index contributed by atoms with van der Waals surface area (Å²) in [7, 11) is 3.53. The number of likely N-dealkylation sites (tertiary alicyclic amines) is 1. The van der Waals surface area contributed by atoms with Crippen LogP contribution in [-0.4, -0.2) is 73.7 Å². The number of unbranched alkanes of at least 4 members (excludes halogenated alkanes) is 1. The highest BCUT2D eigenvalue weighted by Crippen LogP contribution is 2.40. The molecule has 35 heavy (non-hydrogen) atoms. The molecule has 2 fully saturated rings. The minimum absolute atomic E-state index is 0.106. The van der Waals surface area contributed by atoms with Gasteiger partial charge in [-0.15, -0.1) is 0 Å². The molecule has 1 saturated heterocycles. The zero-order valence-corrected chi connectivity index (χ0v) is 22.1. The van der Waals surface area contributed by atoms with Crippen LogP contribution in [0.5, 0.6) is 0 Å². The van der Waals surface area contributed by atoms with Gasteiger partial charge in [0.05, 0.1) is 17.7 Å². The average molecular weight is 510 g/mol. The number of aliphatic hydroxyl groups is 2. The van der Waals surface area contributed by atoms with E-state index in [4.69, 9.17) is 16.3 Å². The first-order valence-electron chi connectivity index (χ1n) is 13.2. The smallest absolute Gasteiger partial charge is 0.317 e. The van der Waals surface area contributed by atoms with Gasteiger partial charge in [-0.1, -0.05) is 36.6 Å². The molecule has 1 aliphatic heterocycles. The first-order valence-corrected chi connectivity index (χ1v) is 13.6. The van der Waals surface area contributed by atoms with Crippen molar-refractivity contribution in [3.05, 3.63) is 34.9 Å². The molecule has 1 heterocycles. The average Bonchev–Trinajstić information content (AvgIpc) is 3.41. The number of piperidine rings is 1. The quantitative estimate of drug-likeness (QED) is 0.320. The fourth-order valence-corrected chi connectivity index (χ4v) is 6.08. The molecule has 2 amide bonds. The van der Waals surface area contributed by atoms with Crippen LogP contribution in [0.15, 0.2) is 24.3 Å². The van der Waals surface area contributed by atoms with Gasteiger partial charge in [-0.25, -0.2) is 4.79 Å². The molecule has 0 bridgehead atoms. The molecule has 3 rings (SSSR count). The first-order chi connectivity index (χ1) is 16.9. The second kappa shape index (κ2) is 13.8. The van der Waals surface area contributed by atoms with Gasteiger partial charge in [-0.05, 0) is 75.6 Å². The molecule has 4 atom stereocenters. The van der Waals surface area contributed by atoms with Crippen molar-refractivity contribution in [1.29, 1.82) is 0 Å². The van der Waals surface area contributed by atoms with Crippen LogP contribution in [0.25, 0.3) is 0 Å². The number of amides is 2. The lowest BCUT2D eigenvalue weighted by atomic mass is 9.74. The fourth-order valence-electron chi connectivity index (χ4n) is 5.89. The number of halogens is 1. The summed E-state index contributed by atoms with van der Waals surface area (Å²) in [4.78, 5) is 15.1. The molecule has 0 unspecified atom stereocenters. The Hall–Kier alpha value is -1.38. The van der Waals surface area contributed by atoms with Crippen molar-refractivity contribution in [1.82, 2.24) is 15.5 Å². The molecule has 4 N–H and O–H groups in total. The Morgan fingerprint density at radius 3 is 2.71 bits per heavy atom. The highest BCUT2D eigenvalue weighted by Gasteiger charge is 2.42. The van der Waals surface area contributed by atoms with Crippen LogP contribution in [0.1, 0.15) is 63.4 Å². The van der Waals surface area contributed by atoms with Crippen molar-refractivity contribution in [3.63, 3.8) is 0 Å². The summed E-state index contributed by atoms with van der Waals surface area (Å²) in [6.07, 6.45) is 7.67. The topological polar surface area (TPSA) is 94.1 Å². The van der Waals surface area contributed by atoms with Crippen LogP contribution in [0.3, 0.4) is 0 Å². The van der Waals surface area contributed by atoms with Crippen molar-refractivity contribution < 1.29 is 19.7 Å². The highest BCUT2D eigenvalue weighted by atomic mass is 35.5. The monoisotopic (exact) mass is 509 g/mol. The van der Waals surface area contributed by atoms with Gasteiger partial charge in [-0.3, -0.25) is 0 Å².